The van der Waals surface area contributed by atoms with Crippen LogP contribution >= 0.6 is 0 Å². The molecule has 1 aromatic heterocycles. The molecular weight excluding hydrogens is 344 g/mol. The van der Waals surface area contributed by atoms with Crippen LogP contribution in [0.4, 0.5) is 0 Å². The average molecular weight is 370 g/mol. The second-order valence-corrected chi connectivity index (χ2v) is 7.58. The maximum Gasteiger partial charge on any atom is 0.227 e. The van der Waals surface area contributed by atoms with Crippen molar-refractivity contribution in [1.29, 1.82) is 0 Å². The van der Waals surface area contributed by atoms with Gasteiger partial charge in [0.2, 0.25) is 17.6 Å². The zero-order valence-corrected chi connectivity index (χ0v) is 15.9. The van der Waals surface area contributed by atoms with Gasteiger partial charge in [0.15, 0.2) is 0 Å². The van der Waals surface area contributed by atoms with Crippen LogP contribution in [0, 0.1) is 18.8 Å². The first-order valence-electron chi connectivity index (χ1n) is 9.57. The van der Waals surface area contributed by atoms with E-state index in [0.29, 0.717) is 37.3 Å². The van der Waals surface area contributed by atoms with Gasteiger partial charge in [0.05, 0.1) is 19.1 Å². The van der Waals surface area contributed by atoms with Gasteiger partial charge in [0, 0.05) is 33.1 Å². The van der Waals surface area contributed by atoms with Crippen LogP contribution in [0.2, 0.25) is 0 Å². The Morgan fingerprint density at radius 1 is 1.22 bits per heavy atom. The van der Waals surface area contributed by atoms with Crippen molar-refractivity contribution in [2.45, 2.75) is 26.5 Å². The molecule has 2 aliphatic rings. The predicted molar refractivity (Wildman–Crippen MR) is 98.7 cm³/mol. The summed E-state index contributed by atoms with van der Waals surface area (Å²) in [7, 11) is 0. The zero-order chi connectivity index (χ0) is 18.8. The first-order chi connectivity index (χ1) is 13.1. The lowest BCUT2D eigenvalue weighted by Gasteiger charge is -2.33. The van der Waals surface area contributed by atoms with Crippen LogP contribution in [-0.4, -0.2) is 58.6 Å². The summed E-state index contributed by atoms with van der Waals surface area (Å²) in [5.41, 5.74) is 1.29. The number of aryl methyl sites for hydroxylation is 1. The number of hydrogen-bond donors (Lipinski definition) is 0. The van der Waals surface area contributed by atoms with Crippen molar-refractivity contribution in [3.63, 3.8) is 0 Å². The minimum atomic E-state index is -0.308. The minimum Gasteiger partial charge on any atom is -0.366 e. The van der Waals surface area contributed by atoms with Crippen LogP contribution in [0.1, 0.15) is 30.3 Å². The van der Waals surface area contributed by atoms with E-state index in [1.165, 1.54) is 5.56 Å². The Labute approximate surface area is 159 Å². The summed E-state index contributed by atoms with van der Waals surface area (Å²) in [6.45, 7) is 8.18. The molecule has 144 valence electrons. The van der Waals surface area contributed by atoms with Gasteiger partial charge in [-0.05, 0) is 11.5 Å². The second kappa shape index (κ2) is 7.78. The van der Waals surface area contributed by atoms with Gasteiger partial charge in [-0.25, -0.2) is 0 Å². The number of nitrogens with zero attached hydrogens (tertiary/aromatic N) is 4. The summed E-state index contributed by atoms with van der Waals surface area (Å²) in [4.78, 5) is 21.7. The van der Waals surface area contributed by atoms with Gasteiger partial charge >= 0.3 is 0 Å². The lowest BCUT2D eigenvalue weighted by atomic mass is 9.96. The molecule has 3 atom stereocenters. The van der Waals surface area contributed by atoms with Gasteiger partial charge in [0.1, 0.15) is 6.10 Å². The maximum atomic E-state index is 13.2. The summed E-state index contributed by atoms with van der Waals surface area (Å²) >= 11 is 0. The van der Waals surface area contributed by atoms with Crippen molar-refractivity contribution in [3.05, 3.63) is 47.6 Å². The average Bonchev–Trinajstić information content (AvgIpc) is 3.28. The minimum absolute atomic E-state index is 0.0273. The summed E-state index contributed by atoms with van der Waals surface area (Å²) in [6.07, 6.45) is -0.308. The largest absolute Gasteiger partial charge is 0.366 e. The maximum absolute atomic E-state index is 13.2. The number of ether oxygens (including phenoxy) is 1. The third-order valence-corrected chi connectivity index (χ3v) is 5.46. The highest BCUT2D eigenvalue weighted by atomic mass is 16.5. The van der Waals surface area contributed by atoms with Crippen molar-refractivity contribution in [1.82, 2.24) is 19.9 Å². The molecule has 0 radical (unpaired) electrons. The Hall–Kier alpha value is -2.25. The number of aromatic nitrogens is 2. The third-order valence-electron chi connectivity index (χ3n) is 5.46. The van der Waals surface area contributed by atoms with E-state index < -0.39 is 0 Å². The number of rotatable bonds is 4. The van der Waals surface area contributed by atoms with Gasteiger partial charge in [0.25, 0.3) is 0 Å². The molecule has 2 saturated heterocycles. The topological polar surface area (TPSA) is 71.7 Å². The van der Waals surface area contributed by atoms with E-state index in [1.807, 2.05) is 11.0 Å². The Kier molecular flexibility index (Phi) is 5.22. The molecular formula is C20H26N4O3. The van der Waals surface area contributed by atoms with Crippen LogP contribution in [0.15, 0.2) is 34.9 Å². The predicted octanol–water partition coefficient (Wildman–Crippen LogP) is 2.05. The summed E-state index contributed by atoms with van der Waals surface area (Å²) < 4.78 is 10.8. The quantitative estimate of drug-likeness (QED) is 0.820. The molecule has 4 rings (SSSR count). The van der Waals surface area contributed by atoms with Crippen LogP contribution in [0.25, 0.3) is 0 Å². The monoisotopic (exact) mass is 370 g/mol. The first kappa shape index (κ1) is 18.1. The molecule has 7 heteroatoms. The van der Waals surface area contributed by atoms with Crippen LogP contribution < -0.4 is 0 Å². The second-order valence-electron chi connectivity index (χ2n) is 7.58. The molecule has 0 bridgehead atoms. The highest BCUT2D eigenvalue weighted by molar-refractivity contribution is 5.80. The Balaban J connectivity index is 1.38. The van der Waals surface area contributed by atoms with E-state index in [1.54, 1.807) is 6.92 Å². The molecule has 1 amide bonds. The van der Waals surface area contributed by atoms with Gasteiger partial charge in [-0.2, -0.15) is 4.98 Å². The molecule has 0 spiro atoms. The highest BCUT2D eigenvalue weighted by Gasteiger charge is 2.39. The van der Waals surface area contributed by atoms with E-state index in [0.717, 1.165) is 19.6 Å². The molecule has 1 aromatic carbocycles. The molecule has 1 unspecified atom stereocenters. The zero-order valence-electron chi connectivity index (χ0n) is 15.9. The Morgan fingerprint density at radius 3 is 2.78 bits per heavy atom. The van der Waals surface area contributed by atoms with Crippen molar-refractivity contribution in [3.8, 4) is 0 Å². The highest BCUT2D eigenvalue weighted by Crippen LogP contribution is 2.28. The summed E-state index contributed by atoms with van der Waals surface area (Å²) in [5, 5.41) is 3.95. The fourth-order valence-corrected chi connectivity index (χ4v) is 4.05. The third kappa shape index (κ3) is 4.04. The van der Waals surface area contributed by atoms with E-state index in [2.05, 4.69) is 46.2 Å². The summed E-state index contributed by atoms with van der Waals surface area (Å²) in [6, 6.07) is 10.4. The van der Waals surface area contributed by atoms with Crippen molar-refractivity contribution in [2.75, 3.05) is 32.8 Å². The summed E-state index contributed by atoms with van der Waals surface area (Å²) in [5.74, 6) is 1.62. The van der Waals surface area contributed by atoms with Crippen LogP contribution in [0.5, 0.6) is 0 Å². The lowest BCUT2D eigenvalue weighted by molar-refractivity contribution is -0.144. The normalized spacial score (nSPS) is 26.4. The molecule has 0 aliphatic carbocycles. The van der Waals surface area contributed by atoms with E-state index in [4.69, 9.17) is 9.26 Å². The van der Waals surface area contributed by atoms with Crippen molar-refractivity contribution >= 4 is 5.91 Å². The number of hydrogen-bond acceptors (Lipinski definition) is 6. The van der Waals surface area contributed by atoms with Crippen LogP contribution in [0.3, 0.4) is 0 Å². The number of amides is 1. The molecule has 2 fully saturated rings. The fraction of sp³-hybridized carbons (Fsp3) is 0.550. The molecule has 7 nitrogen and oxygen atoms in total. The van der Waals surface area contributed by atoms with Gasteiger partial charge < -0.3 is 14.2 Å². The van der Waals surface area contributed by atoms with E-state index in [-0.39, 0.29) is 17.9 Å². The SMILES string of the molecule is Cc1nc(C2CN(C(=O)[C@@H]3CN(Cc4ccccc4)C[C@H]3C)CCO2)no1. The van der Waals surface area contributed by atoms with E-state index >= 15 is 0 Å². The lowest BCUT2D eigenvalue weighted by Crippen LogP contribution is -2.46. The molecule has 2 aliphatic heterocycles. The standard InChI is InChI=1S/C20H26N4O3/c1-14-10-23(11-16-6-4-3-5-7-16)12-17(14)20(25)24-8-9-26-18(13-24)19-21-15(2)27-22-19/h3-7,14,17-18H,8-13H2,1-2H3/t14-,17-,18?/m1/s1. The fourth-order valence-electron chi connectivity index (χ4n) is 4.05. The number of likely N-dealkylation sites (tertiary alicyclic amines) is 1. The molecule has 0 saturated carbocycles. The molecule has 3 heterocycles. The van der Waals surface area contributed by atoms with Gasteiger partial charge in [-0.15, -0.1) is 0 Å². The Bertz CT molecular complexity index is 779. The Morgan fingerprint density at radius 2 is 2.04 bits per heavy atom. The van der Waals surface area contributed by atoms with E-state index in [9.17, 15) is 4.79 Å². The van der Waals surface area contributed by atoms with Gasteiger partial charge in [-0.3, -0.25) is 9.69 Å². The molecule has 2 aromatic rings. The number of benzene rings is 1. The van der Waals surface area contributed by atoms with Crippen molar-refractivity contribution in [2.24, 2.45) is 11.8 Å². The van der Waals surface area contributed by atoms with Crippen molar-refractivity contribution < 1.29 is 14.1 Å². The first-order valence-corrected chi connectivity index (χ1v) is 9.57. The smallest absolute Gasteiger partial charge is 0.227 e. The number of carbonyl (C=O) groups is 1. The number of carbonyl (C=O) groups excluding carboxylic acids is 1. The molecule has 27 heavy (non-hydrogen) atoms. The molecule has 0 N–H and O–H groups in total. The number of morpholine rings is 1. The van der Waals surface area contributed by atoms with Gasteiger partial charge in [-0.1, -0.05) is 42.4 Å². The van der Waals surface area contributed by atoms with Crippen LogP contribution in [-0.2, 0) is 16.1 Å².